The van der Waals surface area contributed by atoms with Crippen LogP contribution in [0.2, 0.25) is 0 Å². The molecule has 102 valence electrons. The number of benzene rings is 1. The van der Waals surface area contributed by atoms with Gasteiger partial charge in [-0.05, 0) is 34.1 Å². The summed E-state index contributed by atoms with van der Waals surface area (Å²) < 4.78 is 25.9. The van der Waals surface area contributed by atoms with Crippen LogP contribution in [0.4, 0.5) is 5.69 Å². The molecular weight excluding hydrogens is 324 g/mol. The summed E-state index contributed by atoms with van der Waals surface area (Å²) in [5.41, 5.74) is 5.99. The molecule has 0 heterocycles. The van der Waals surface area contributed by atoms with E-state index in [2.05, 4.69) is 15.9 Å². The molecule has 0 saturated heterocycles. The van der Waals surface area contributed by atoms with Crippen molar-refractivity contribution in [3.05, 3.63) is 22.7 Å². The maximum atomic E-state index is 12.3. The van der Waals surface area contributed by atoms with Crippen LogP contribution >= 0.6 is 15.9 Å². The second-order valence-corrected chi connectivity index (χ2v) is 6.30. The topological polar surface area (TPSA) is 104 Å². The summed E-state index contributed by atoms with van der Waals surface area (Å²) in [6, 6.07) is 4.35. The van der Waals surface area contributed by atoms with Gasteiger partial charge in [0.2, 0.25) is 10.0 Å². The van der Waals surface area contributed by atoms with Gasteiger partial charge in [0.15, 0.2) is 0 Å². The minimum Gasteiger partial charge on any atom is -0.399 e. The van der Waals surface area contributed by atoms with E-state index < -0.39 is 10.0 Å². The first-order chi connectivity index (χ1) is 8.43. The number of sulfonamides is 1. The first kappa shape index (κ1) is 15.4. The van der Waals surface area contributed by atoms with E-state index in [4.69, 9.17) is 15.9 Å². The SMILES string of the molecule is Nc1ccc(S(=O)(=O)N(CCO)CCO)c(Br)c1. The minimum absolute atomic E-state index is 0.0543. The largest absolute Gasteiger partial charge is 0.399 e. The van der Waals surface area contributed by atoms with Crippen molar-refractivity contribution >= 4 is 31.6 Å². The number of rotatable bonds is 6. The van der Waals surface area contributed by atoms with E-state index in [9.17, 15) is 8.42 Å². The summed E-state index contributed by atoms with van der Waals surface area (Å²) in [4.78, 5) is 0.0543. The molecule has 1 rings (SSSR count). The van der Waals surface area contributed by atoms with Gasteiger partial charge in [0.1, 0.15) is 0 Å². The number of nitrogens with zero attached hydrogens (tertiary/aromatic N) is 1. The van der Waals surface area contributed by atoms with Crippen LogP contribution in [-0.2, 0) is 10.0 Å². The van der Waals surface area contributed by atoms with Gasteiger partial charge < -0.3 is 15.9 Å². The maximum Gasteiger partial charge on any atom is 0.244 e. The standard InChI is InChI=1S/C10H15BrN2O4S/c11-9-7-8(12)1-2-10(9)18(16,17)13(3-5-14)4-6-15/h1-2,7,14-15H,3-6,12H2. The fraction of sp³-hybridized carbons (Fsp3) is 0.400. The maximum absolute atomic E-state index is 12.3. The highest BCUT2D eigenvalue weighted by Gasteiger charge is 2.25. The molecule has 1 aromatic rings. The highest BCUT2D eigenvalue weighted by atomic mass is 79.9. The lowest BCUT2D eigenvalue weighted by Gasteiger charge is -2.21. The van der Waals surface area contributed by atoms with Crippen molar-refractivity contribution in [1.82, 2.24) is 4.31 Å². The summed E-state index contributed by atoms with van der Waals surface area (Å²) in [5.74, 6) is 0. The van der Waals surface area contributed by atoms with Crippen LogP contribution in [0.25, 0.3) is 0 Å². The number of aliphatic hydroxyl groups is 2. The number of hydrogen-bond donors (Lipinski definition) is 3. The number of halogens is 1. The van der Waals surface area contributed by atoms with Crippen molar-refractivity contribution in [2.24, 2.45) is 0 Å². The highest BCUT2D eigenvalue weighted by molar-refractivity contribution is 9.10. The second-order valence-electron chi connectivity index (χ2n) is 3.54. The van der Waals surface area contributed by atoms with Gasteiger partial charge in [-0.3, -0.25) is 0 Å². The second kappa shape index (κ2) is 6.48. The fourth-order valence-corrected chi connectivity index (χ4v) is 3.92. The molecule has 0 bridgehead atoms. The Balaban J connectivity index is 3.17. The van der Waals surface area contributed by atoms with Crippen molar-refractivity contribution in [3.63, 3.8) is 0 Å². The summed E-state index contributed by atoms with van der Waals surface area (Å²) in [6.45, 7) is -0.767. The molecule has 0 fully saturated rings. The number of nitrogen functional groups attached to an aromatic ring is 1. The van der Waals surface area contributed by atoms with Crippen LogP contribution in [0.3, 0.4) is 0 Å². The van der Waals surface area contributed by atoms with E-state index in [1.165, 1.54) is 18.2 Å². The molecule has 0 unspecified atom stereocenters. The predicted octanol–water partition coefficient (Wildman–Crippen LogP) is 0.00660. The monoisotopic (exact) mass is 338 g/mol. The average Bonchev–Trinajstić information content (AvgIpc) is 2.28. The van der Waals surface area contributed by atoms with Crippen LogP contribution in [0.15, 0.2) is 27.6 Å². The van der Waals surface area contributed by atoms with Gasteiger partial charge in [0.25, 0.3) is 0 Å². The smallest absolute Gasteiger partial charge is 0.244 e. The Hall–Kier alpha value is -0.670. The third kappa shape index (κ3) is 3.42. The third-order valence-corrected chi connectivity index (χ3v) is 5.15. The van der Waals surface area contributed by atoms with E-state index in [0.29, 0.717) is 10.2 Å². The van der Waals surface area contributed by atoms with Gasteiger partial charge in [0, 0.05) is 23.2 Å². The van der Waals surface area contributed by atoms with E-state index in [1.54, 1.807) is 0 Å². The highest BCUT2D eigenvalue weighted by Crippen LogP contribution is 2.26. The molecule has 0 radical (unpaired) electrons. The fourth-order valence-electron chi connectivity index (χ4n) is 1.44. The summed E-state index contributed by atoms with van der Waals surface area (Å²) in [7, 11) is -3.76. The van der Waals surface area contributed by atoms with Gasteiger partial charge >= 0.3 is 0 Å². The number of anilines is 1. The van der Waals surface area contributed by atoms with Crippen LogP contribution in [0, 0.1) is 0 Å². The molecule has 4 N–H and O–H groups in total. The Bertz CT molecular complexity index is 501. The molecule has 0 aliphatic heterocycles. The Morgan fingerprint density at radius 3 is 2.22 bits per heavy atom. The normalized spacial score (nSPS) is 12.0. The Morgan fingerprint density at radius 1 is 1.22 bits per heavy atom. The van der Waals surface area contributed by atoms with Gasteiger partial charge in [-0.25, -0.2) is 8.42 Å². The summed E-state index contributed by atoms with van der Waals surface area (Å²) in [5, 5.41) is 17.7. The molecule has 0 aliphatic rings. The molecular formula is C10H15BrN2O4S. The lowest BCUT2D eigenvalue weighted by molar-refractivity contribution is 0.217. The van der Waals surface area contributed by atoms with Crippen molar-refractivity contribution < 1.29 is 18.6 Å². The van der Waals surface area contributed by atoms with E-state index in [-0.39, 0.29) is 31.2 Å². The van der Waals surface area contributed by atoms with Gasteiger partial charge in [-0.1, -0.05) is 0 Å². The first-order valence-electron chi connectivity index (χ1n) is 5.20. The zero-order chi connectivity index (χ0) is 13.8. The zero-order valence-electron chi connectivity index (χ0n) is 9.58. The lowest BCUT2D eigenvalue weighted by atomic mass is 10.3. The van der Waals surface area contributed by atoms with Gasteiger partial charge in [-0.15, -0.1) is 0 Å². The van der Waals surface area contributed by atoms with Crippen LogP contribution in [-0.4, -0.2) is 49.2 Å². The molecule has 0 aliphatic carbocycles. The molecule has 0 atom stereocenters. The molecule has 8 heteroatoms. The number of aliphatic hydroxyl groups excluding tert-OH is 2. The minimum atomic E-state index is -3.76. The van der Waals surface area contributed by atoms with E-state index in [1.807, 2.05) is 0 Å². The lowest BCUT2D eigenvalue weighted by Crippen LogP contribution is -2.36. The van der Waals surface area contributed by atoms with Crippen LogP contribution in [0.1, 0.15) is 0 Å². The van der Waals surface area contributed by atoms with Crippen molar-refractivity contribution in [1.29, 1.82) is 0 Å². The van der Waals surface area contributed by atoms with Crippen molar-refractivity contribution in [2.75, 3.05) is 32.0 Å². The first-order valence-corrected chi connectivity index (χ1v) is 7.43. The molecule has 0 aromatic heterocycles. The van der Waals surface area contributed by atoms with Crippen LogP contribution in [0.5, 0.6) is 0 Å². The molecule has 0 saturated carbocycles. The molecule has 6 nitrogen and oxygen atoms in total. The predicted molar refractivity (Wildman–Crippen MR) is 71.5 cm³/mol. The molecule has 1 aromatic carbocycles. The Kier molecular flexibility index (Phi) is 5.54. The quantitative estimate of drug-likeness (QED) is 0.633. The van der Waals surface area contributed by atoms with E-state index >= 15 is 0 Å². The number of hydrogen-bond acceptors (Lipinski definition) is 5. The van der Waals surface area contributed by atoms with Gasteiger partial charge in [-0.2, -0.15) is 4.31 Å². The average molecular weight is 339 g/mol. The van der Waals surface area contributed by atoms with Crippen LogP contribution < -0.4 is 5.73 Å². The summed E-state index contributed by atoms with van der Waals surface area (Å²) >= 11 is 3.14. The van der Waals surface area contributed by atoms with Crippen molar-refractivity contribution in [2.45, 2.75) is 4.90 Å². The van der Waals surface area contributed by atoms with E-state index in [0.717, 1.165) is 4.31 Å². The molecule has 0 amide bonds. The third-order valence-electron chi connectivity index (χ3n) is 2.27. The summed E-state index contributed by atoms with van der Waals surface area (Å²) in [6.07, 6.45) is 0. The molecule has 18 heavy (non-hydrogen) atoms. The van der Waals surface area contributed by atoms with Gasteiger partial charge in [0.05, 0.1) is 18.1 Å². The number of nitrogens with two attached hydrogens (primary N) is 1. The van der Waals surface area contributed by atoms with Crippen molar-refractivity contribution in [3.8, 4) is 0 Å². The Morgan fingerprint density at radius 2 is 1.78 bits per heavy atom. The molecule has 0 spiro atoms. The zero-order valence-corrected chi connectivity index (χ0v) is 12.0. The Labute approximate surface area is 114 Å².